The van der Waals surface area contributed by atoms with Gasteiger partial charge in [-0.15, -0.1) is 0 Å². The first-order valence-electron chi connectivity index (χ1n) is 6.45. The van der Waals surface area contributed by atoms with Crippen LogP contribution < -0.4 is 10.6 Å². The number of anilines is 2. The van der Waals surface area contributed by atoms with Crippen molar-refractivity contribution in [1.82, 2.24) is 0 Å². The Balaban J connectivity index is 1.93. The van der Waals surface area contributed by atoms with Gasteiger partial charge in [-0.05, 0) is 25.0 Å². The first-order chi connectivity index (χ1) is 7.83. The van der Waals surface area contributed by atoms with E-state index in [9.17, 15) is 0 Å². The van der Waals surface area contributed by atoms with Crippen molar-refractivity contribution in [1.29, 1.82) is 0 Å². The molecule has 0 radical (unpaired) electrons. The zero-order valence-corrected chi connectivity index (χ0v) is 10.2. The van der Waals surface area contributed by atoms with Crippen molar-refractivity contribution in [3.05, 3.63) is 23.8 Å². The lowest BCUT2D eigenvalue weighted by Gasteiger charge is -2.19. The summed E-state index contributed by atoms with van der Waals surface area (Å²) < 4.78 is 0. The molecule has 88 valence electrons. The summed E-state index contributed by atoms with van der Waals surface area (Å²) in [6.45, 7) is 4.60. The normalized spacial score (nSPS) is 14.2. The van der Waals surface area contributed by atoms with Gasteiger partial charge in [0.2, 0.25) is 0 Å². The molecule has 0 unspecified atom stereocenters. The molecule has 1 heterocycles. The molecule has 0 saturated carbocycles. The first kappa shape index (κ1) is 11.3. The fourth-order valence-electron chi connectivity index (χ4n) is 2.49. The van der Waals surface area contributed by atoms with Crippen LogP contribution in [0.25, 0.3) is 0 Å². The zero-order valence-electron chi connectivity index (χ0n) is 10.2. The fraction of sp³-hybridized carbons (Fsp3) is 0.571. The predicted molar refractivity (Wildman–Crippen MR) is 70.9 cm³/mol. The summed E-state index contributed by atoms with van der Waals surface area (Å²) >= 11 is 0. The number of fused-ring (bicyclic) bond motifs is 1. The third-order valence-electron chi connectivity index (χ3n) is 3.44. The van der Waals surface area contributed by atoms with E-state index in [-0.39, 0.29) is 0 Å². The van der Waals surface area contributed by atoms with E-state index in [0.717, 1.165) is 18.7 Å². The molecule has 0 spiro atoms. The topological polar surface area (TPSA) is 29.3 Å². The third-order valence-corrected chi connectivity index (χ3v) is 3.44. The van der Waals surface area contributed by atoms with Crippen molar-refractivity contribution < 1.29 is 0 Å². The van der Waals surface area contributed by atoms with Gasteiger partial charge in [-0.2, -0.15) is 0 Å². The van der Waals surface area contributed by atoms with Crippen molar-refractivity contribution in [3.63, 3.8) is 0 Å². The summed E-state index contributed by atoms with van der Waals surface area (Å²) in [5.74, 6) is 0. The molecule has 1 aliphatic rings. The maximum absolute atomic E-state index is 5.98. The second-order valence-corrected chi connectivity index (χ2v) is 4.64. The summed E-state index contributed by atoms with van der Waals surface area (Å²) in [6.07, 6.45) is 6.45. The number of rotatable bonds is 5. The number of hydrogen-bond donors (Lipinski definition) is 1. The summed E-state index contributed by atoms with van der Waals surface area (Å²) in [6, 6.07) is 6.29. The molecule has 0 aromatic heterocycles. The lowest BCUT2D eigenvalue weighted by molar-refractivity contribution is 0.651. The van der Waals surface area contributed by atoms with E-state index in [2.05, 4.69) is 24.0 Å². The van der Waals surface area contributed by atoms with Crippen LogP contribution in [-0.4, -0.2) is 13.1 Å². The smallest absolute Gasteiger partial charge is 0.0420 e. The molecule has 1 aromatic carbocycles. The minimum absolute atomic E-state index is 0.966. The molecule has 0 bridgehead atoms. The van der Waals surface area contributed by atoms with Crippen LogP contribution in [0.5, 0.6) is 0 Å². The molecular weight excluding hydrogens is 196 g/mol. The van der Waals surface area contributed by atoms with Crippen molar-refractivity contribution in [2.75, 3.05) is 23.7 Å². The average molecular weight is 218 g/mol. The van der Waals surface area contributed by atoms with Gasteiger partial charge in [-0.3, -0.25) is 0 Å². The molecule has 2 nitrogen and oxygen atoms in total. The van der Waals surface area contributed by atoms with E-state index in [4.69, 9.17) is 5.73 Å². The lowest BCUT2D eigenvalue weighted by Crippen LogP contribution is -2.21. The lowest BCUT2D eigenvalue weighted by atomic mass is 10.1. The quantitative estimate of drug-likeness (QED) is 0.607. The van der Waals surface area contributed by atoms with E-state index in [0.29, 0.717) is 0 Å². The number of nitrogen functional groups attached to an aromatic ring is 1. The van der Waals surface area contributed by atoms with Gasteiger partial charge in [0.05, 0.1) is 0 Å². The van der Waals surface area contributed by atoms with Crippen molar-refractivity contribution in [2.24, 2.45) is 0 Å². The highest BCUT2D eigenvalue weighted by molar-refractivity contribution is 5.68. The zero-order chi connectivity index (χ0) is 11.4. The molecule has 1 aromatic rings. The van der Waals surface area contributed by atoms with Gasteiger partial charge in [0.15, 0.2) is 0 Å². The van der Waals surface area contributed by atoms with E-state index in [1.807, 2.05) is 6.07 Å². The van der Waals surface area contributed by atoms with Crippen molar-refractivity contribution in [2.45, 2.75) is 39.0 Å². The van der Waals surface area contributed by atoms with Gasteiger partial charge in [0.1, 0.15) is 0 Å². The van der Waals surface area contributed by atoms with Crippen LogP contribution in [0, 0.1) is 0 Å². The molecule has 0 atom stereocenters. The van der Waals surface area contributed by atoms with Crippen LogP contribution in [-0.2, 0) is 6.42 Å². The van der Waals surface area contributed by atoms with Gasteiger partial charge in [0.25, 0.3) is 0 Å². The summed E-state index contributed by atoms with van der Waals surface area (Å²) in [7, 11) is 0. The molecule has 0 amide bonds. The number of hydrogen-bond acceptors (Lipinski definition) is 2. The fourth-order valence-corrected chi connectivity index (χ4v) is 2.49. The Morgan fingerprint density at radius 1 is 1.25 bits per heavy atom. The Hall–Kier alpha value is -1.18. The predicted octanol–water partition coefficient (Wildman–Crippen LogP) is 3.21. The Morgan fingerprint density at radius 2 is 2.12 bits per heavy atom. The van der Waals surface area contributed by atoms with Crippen LogP contribution in [0.3, 0.4) is 0 Å². The molecule has 0 aliphatic carbocycles. The van der Waals surface area contributed by atoms with E-state index >= 15 is 0 Å². The van der Waals surface area contributed by atoms with Gasteiger partial charge in [-0.25, -0.2) is 0 Å². The monoisotopic (exact) mass is 218 g/mol. The molecule has 0 fully saturated rings. The van der Waals surface area contributed by atoms with E-state index < -0.39 is 0 Å². The maximum atomic E-state index is 5.98. The molecule has 16 heavy (non-hydrogen) atoms. The third kappa shape index (κ3) is 2.31. The number of unbranched alkanes of at least 4 members (excludes halogenated alkanes) is 3. The van der Waals surface area contributed by atoms with Gasteiger partial charge >= 0.3 is 0 Å². The number of nitrogens with zero attached hydrogens (tertiary/aromatic N) is 1. The Kier molecular flexibility index (Phi) is 3.70. The highest BCUT2D eigenvalue weighted by Crippen LogP contribution is 2.32. The standard InChI is InChI=1S/C14H22N2/c1-2-3-4-5-10-16-11-9-12-13(15)7-6-8-14(12)16/h6-8H,2-5,9-11,15H2,1H3. The Morgan fingerprint density at radius 3 is 2.94 bits per heavy atom. The van der Waals surface area contributed by atoms with Crippen LogP contribution in [0.15, 0.2) is 18.2 Å². The van der Waals surface area contributed by atoms with Crippen LogP contribution in [0.1, 0.15) is 38.2 Å². The summed E-state index contributed by atoms with van der Waals surface area (Å²) in [5.41, 5.74) is 9.68. The van der Waals surface area contributed by atoms with Crippen molar-refractivity contribution in [3.8, 4) is 0 Å². The minimum atomic E-state index is 0.966. The molecule has 2 N–H and O–H groups in total. The second-order valence-electron chi connectivity index (χ2n) is 4.64. The molecule has 0 saturated heterocycles. The molecule has 2 heteroatoms. The summed E-state index contributed by atoms with van der Waals surface area (Å²) in [5, 5.41) is 0. The largest absolute Gasteiger partial charge is 0.398 e. The van der Waals surface area contributed by atoms with Gasteiger partial charge in [0, 0.05) is 30.0 Å². The Bertz CT molecular complexity index is 347. The molecule has 1 aliphatic heterocycles. The first-order valence-corrected chi connectivity index (χ1v) is 6.45. The van der Waals surface area contributed by atoms with E-state index in [1.54, 1.807) is 0 Å². The Labute approximate surface area is 98.4 Å². The van der Waals surface area contributed by atoms with Crippen LogP contribution in [0.2, 0.25) is 0 Å². The molecule has 2 rings (SSSR count). The SMILES string of the molecule is CCCCCCN1CCc2c(N)cccc21. The van der Waals surface area contributed by atoms with Gasteiger partial charge < -0.3 is 10.6 Å². The number of benzene rings is 1. The summed E-state index contributed by atoms with van der Waals surface area (Å²) in [4.78, 5) is 2.49. The molecular formula is C14H22N2. The average Bonchev–Trinajstić information content (AvgIpc) is 2.70. The minimum Gasteiger partial charge on any atom is -0.398 e. The van der Waals surface area contributed by atoms with Gasteiger partial charge in [-0.1, -0.05) is 32.3 Å². The highest BCUT2D eigenvalue weighted by atomic mass is 15.1. The second kappa shape index (κ2) is 5.24. The van der Waals surface area contributed by atoms with Crippen molar-refractivity contribution >= 4 is 11.4 Å². The highest BCUT2D eigenvalue weighted by Gasteiger charge is 2.19. The maximum Gasteiger partial charge on any atom is 0.0420 e. The van der Waals surface area contributed by atoms with Crippen LogP contribution >= 0.6 is 0 Å². The number of nitrogens with two attached hydrogens (primary N) is 1. The van der Waals surface area contributed by atoms with E-state index in [1.165, 1.54) is 43.5 Å². The van der Waals surface area contributed by atoms with Crippen LogP contribution in [0.4, 0.5) is 11.4 Å².